The van der Waals surface area contributed by atoms with Crippen LogP contribution in [0.5, 0.6) is 5.75 Å². The van der Waals surface area contributed by atoms with Gasteiger partial charge < -0.3 is 20.3 Å². The summed E-state index contributed by atoms with van der Waals surface area (Å²) in [4.78, 5) is 15.7. The molecule has 0 bridgehead atoms. The summed E-state index contributed by atoms with van der Waals surface area (Å²) >= 11 is 0. The van der Waals surface area contributed by atoms with Gasteiger partial charge in [0.15, 0.2) is 0 Å². The Kier molecular flexibility index (Phi) is 6.49. The lowest BCUT2D eigenvalue weighted by atomic mass is 9.99. The second kappa shape index (κ2) is 10.0. The lowest BCUT2D eigenvalue weighted by Gasteiger charge is -2.35. The number of nitrogens with zero attached hydrogens (tertiary/aromatic N) is 5. The van der Waals surface area contributed by atoms with Gasteiger partial charge in [0.25, 0.3) is 0 Å². The normalized spacial score (nSPS) is 16.3. The maximum absolute atomic E-state index is 9.49. The number of fused-ring (bicyclic) bond motifs is 1. The minimum Gasteiger partial charge on any atom is -0.497 e. The second-order valence-electron chi connectivity index (χ2n) is 8.80. The lowest BCUT2D eigenvalue weighted by molar-refractivity contribution is 0.267. The van der Waals surface area contributed by atoms with Crippen molar-refractivity contribution < 1.29 is 4.74 Å². The van der Waals surface area contributed by atoms with E-state index in [4.69, 9.17) is 4.74 Å². The van der Waals surface area contributed by atoms with Crippen molar-refractivity contribution in [3.8, 4) is 23.1 Å². The first-order valence-electron chi connectivity index (χ1n) is 12.0. The molecule has 0 aliphatic carbocycles. The fourth-order valence-electron chi connectivity index (χ4n) is 4.75. The van der Waals surface area contributed by atoms with Gasteiger partial charge >= 0.3 is 0 Å². The molecule has 0 atom stereocenters. The Labute approximate surface area is 205 Å². The second-order valence-corrected chi connectivity index (χ2v) is 8.80. The molecule has 0 saturated carbocycles. The number of benzene rings is 2. The van der Waals surface area contributed by atoms with Crippen LogP contribution in [0.3, 0.4) is 0 Å². The van der Waals surface area contributed by atoms with Crippen molar-refractivity contribution in [3.63, 3.8) is 0 Å². The molecule has 8 nitrogen and oxygen atoms in total. The average Bonchev–Trinajstić information content (AvgIpc) is 2.93. The third-order valence-electron chi connectivity index (χ3n) is 6.63. The zero-order valence-electron chi connectivity index (χ0n) is 20.1. The van der Waals surface area contributed by atoms with E-state index in [0.29, 0.717) is 12.0 Å². The van der Waals surface area contributed by atoms with Crippen molar-refractivity contribution in [2.24, 2.45) is 4.99 Å². The Morgan fingerprint density at radius 2 is 2.00 bits per heavy atom. The lowest BCUT2D eigenvalue weighted by Crippen LogP contribution is -2.39. The molecule has 1 aromatic heterocycles. The van der Waals surface area contributed by atoms with E-state index in [2.05, 4.69) is 60.8 Å². The van der Waals surface area contributed by atoms with Crippen LogP contribution in [0, 0.1) is 11.3 Å². The Morgan fingerprint density at radius 3 is 2.77 bits per heavy atom. The van der Waals surface area contributed by atoms with Crippen molar-refractivity contribution in [2.75, 3.05) is 37.9 Å². The summed E-state index contributed by atoms with van der Waals surface area (Å²) in [6.07, 6.45) is 7.26. The molecule has 1 saturated heterocycles. The molecule has 2 N–H and O–H groups in total. The highest BCUT2D eigenvalue weighted by Gasteiger charge is 2.24. The molecule has 3 aromatic rings. The zero-order chi connectivity index (χ0) is 24.2. The van der Waals surface area contributed by atoms with Gasteiger partial charge in [0.05, 0.1) is 24.4 Å². The molecule has 0 amide bonds. The van der Waals surface area contributed by atoms with Crippen molar-refractivity contribution in [3.05, 3.63) is 54.0 Å². The maximum atomic E-state index is 9.49. The zero-order valence-corrected chi connectivity index (χ0v) is 20.1. The third-order valence-corrected chi connectivity index (χ3v) is 6.63. The standard InChI is InChI=1S/C27H29N7O/c1-29-27-31-11-7-24(33-27)20-14-18-5-6-22(35-2)16-23(18)25(15-20)32-21-8-12-34(13-9-21)26-19(17-28)4-3-10-30-26/h5-7,10-11,14-16,21,32H,3-4,8-9,12-13H2,1-2H3,(H,29,31,33). The van der Waals surface area contributed by atoms with E-state index in [1.807, 2.05) is 25.4 Å². The highest BCUT2D eigenvalue weighted by Crippen LogP contribution is 2.34. The van der Waals surface area contributed by atoms with Crippen molar-refractivity contribution in [2.45, 2.75) is 31.7 Å². The SMILES string of the molecule is CNc1nccc(-c2cc(NC3CCN(C4=C(C#N)CCC=N4)CC3)c3cc(OC)ccc3c2)n1. The summed E-state index contributed by atoms with van der Waals surface area (Å²) in [5.74, 6) is 2.28. The van der Waals surface area contributed by atoms with Gasteiger partial charge in [-0.15, -0.1) is 0 Å². The minimum atomic E-state index is 0.313. The quantitative estimate of drug-likeness (QED) is 0.536. The van der Waals surface area contributed by atoms with Crippen LogP contribution in [-0.4, -0.2) is 54.4 Å². The Morgan fingerprint density at radius 1 is 1.14 bits per heavy atom. The number of piperidine rings is 1. The van der Waals surface area contributed by atoms with Crippen molar-refractivity contribution >= 4 is 28.6 Å². The smallest absolute Gasteiger partial charge is 0.222 e. The van der Waals surface area contributed by atoms with Gasteiger partial charge in [-0.2, -0.15) is 5.26 Å². The van der Waals surface area contributed by atoms with Crippen LogP contribution in [0.2, 0.25) is 0 Å². The third kappa shape index (κ3) is 4.76. The van der Waals surface area contributed by atoms with Gasteiger partial charge in [-0.25, -0.2) is 15.0 Å². The molecule has 8 heteroatoms. The predicted molar refractivity (Wildman–Crippen MR) is 140 cm³/mol. The molecule has 2 aliphatic rings. The summed E-state index contributed by atoms with van der Waals surface area (Å²) in [5, 5.41) is 18.5. The molecule has 3 heterocycles. The number of likely N-dealkylation sites (tertiary alicyclic amines) is 1. The van der Waals surface area contributed by atoms with Crippen LogP contribution in [0.4, 0.5) is 11.6 Å². The number of anilines is 2. The summed E-state index contributed by atoms with van der Waals surface area (Å²) in [5.41, 5.74) is 3.76. The van der Waals surface area contributed by atoms with E-state index < -0.39 is 0 Å². The molecule has 0 spiro atoms. The fraction of sp³-hybridized carbons (Fsp3) is 0.333. The largest absolute Gasteiger partial charge is 0.497 e. The number of allylic oxidation sites excluding steroid dienone is 1. The predicted octanol–water partition coefficient (Wildman–Crippen LogP) is 4.82. The molecule has 1 fully saturated rings. The van der Waals surface area contributed by atoms with Crippen LogP contribution in [-0.2, 0) is 0 Å². The van der Waals surface area contributed by atoms with Crippen LogP contribution >= 0.6 is 0 Å². The number of hydrogen-bond donors (Lipinski definition) is 2. The van der Waals surface area contributed by atoms with Crippen LogP contribution in [0.15, 0.2) is 59.0 Å². The molecule has 5 rings (SSSR count). The van der Waals surface area contributed by atoms with E-state index in [0.717, 1.165) is 83.6 Å². The van der Waals surface area contributed by atoms with E-state index >= 15 is 0 Å². The number of methoxy groups -OCH3 is 1. The fourth-order valence-corrected chi connectivity index (χ4v) is 4.75. The van der Waals surface area contributed by atoms with Gasteiger partial charge in [0.2, 0.25) is 5.95 Å². The maximum Gasteiger partial charge on any atom is 0.222 e. The highest BCUT2D eigenvalue weighted by atomic mass is 16.5. The van der Waals surface area contributed by atoms with Crippen molar-refractivity contribution in [1.29, 1.82) is 5.26 Å². The molecular formula is C27H29N7O. The van der Waals surface area contributed by atoms with Gasteiger partial charge in [-0.1, -0.05) is 6.07 Å². The number of nitriles is 1. The molecule has 0 radical (unpaired) electrons. The first-order valence-corrected chi connectivity index (χ1v) is 12.0. The number of ether oxygens (including phenoxy) is 1. The Balaban J connectivity index is 1.42. The molecular weight excluding hydrogens is 438 g/mol. The molecule has 0 unspecified atom stereocenters. The molecule has 178 valence electrons. The van der Waals surface area contributed by atoms with Gasteiger partial charge in [0.1, 0.15) is 11.6 Å². The van der Waals surface area contributed by atoms with E-state index in [1.165, 1.54) is 0 Å². The average molecular weight is 468 g/mol. The molecule has 2 aromatic carbocycles. The first kappa shape index (κ1) is 22.7. The van der Waals surface area contributed by atoms with Crippen molar-refractivity contribution in [1.82, 2.24) is 14.9 Å². The molecule has 35 heavy (non-hydrogen) atoms. The highest BCUT2D eigenvalue weighted by molar-refractivity contribution is 5.98. The Hall–Kier alpha value is -4.12. The van der Waals surface area contributed by atoms with Gasteiger partial charge in [-0.05, 0) is 61.4 Å². The van der Waals surface area contributed by atoms with E-state index in [9.17, 15) is 5.26 Å². The van der Waals surface area contributed by atoms with Gasteiger partial charge in [-0.3, -0.25) is 0 Å². The summed E-state index contributed by atoms with van der Waals surface area (Å²) in [6.45, 7) is 1.74. The topological polar surface area (TPSA) is 98.5 Å². The monoisotopic (exact) mass is 467 g/mol. The van der Waals surface area contributed by atoms with E-state index in [1.54, 1.807) is 13.3 Å². The minimum absolute atomic E-state index is 0.313. The summed E-state index contributed by atoms with van der Waals surface area (Å²) in [6, 6.07) is 15.1. The van der Waals surface area contributed by atoms with Crippen LogP contribution < -0.4 is 15.4 Å². The van der Waals surface area contributed by atoms with Crippen LogP contribution in [0.25, 0.3) is 22.0 Å². The van der Waals surface area contributed by atoms with E-state index in [-0.39, 0.29) is 0 Å². The number of aromatic nitrogens is 2. The number of hydrogen-bond acceptors (Lipinski definition) is 8. The Bertz CT molecular complexity index is 1330. The van der Waals surface area contributed by atoms with Gasteiger partial charge in [0, 0.05) is 55.2 Å². The molecule has 2 aliphatic heterocycles. The number of rotatable bonds is 6. The number of aliphatic imine (C=N–C) groups is 1. The summed E-state index contributed by atoms with van der Waals surface area (Å²) in [7, 11) is 3.51. The van der Waals surface area contributed by atoms with Crippen LogP contribution in [0.1, 0.15) is 25.7 Å². The number of nitrogens with one attached hydrogen (secondary N) is 2. The summed E-state index contributed by atoms with van der Waals surface area (Å²) < 4.78 is 5.51. The first-order chi connectivity index (χ1) is 17.2.